The van der Waals surface area contributed by atoms with Crippen molar-refractivity contribution >= 4 is 17.1 Å². The summed E-state index contributed by atoms with van der Waals surface area (Å²) in [6.45, 7) is 1.22. The third kappa shape index (κ3) is 3.71. The molecule has 2 heterocycles. The van der Waals surface area contributed by atoms with Gasteiger partial charge in [-0.3, -0.25) is 14.3 Å². The van der Waals surface area contributed by atoms with E-state index in [1.54, 1.807) is 7.05 Å². The monoisotopic (exact) mass is 389 g/mol. The van der Waals surface area contributed by atoms with Gasteiger partial charge in [-0.2, -0.15) is 4.98 Å². The minimum absolute atomic E-state index is 0.390. The number of anilines is 1. The Kier molecular flexibility index (Phi) is 5.03. The molecule has 4 rings (SSSR count). The van der Waals surface area contributed by atoms with Crippen molar-refractivity contribution in [1.29, 1.82) is 0 Å². The van der Waals surface area contributed by atoms with Crippen LogP contribution in [0.15, 0.2) is 70.3 Å². The standard InChI is InChI=1S/C22H23N5O2/c1-25(15-17-11-7-4-8-12-17)21-23-19-18(20(28)24-22(29)26(19)2)27(21)14-13-16-9-5-3-6-10-16/h3-12H,13-15H2,1-2H3,(H,24,28,29). The SMILES string of the molecule is CN(Cc1ccccc1)c1nc2c(c(=O)[nH]c(=O)n2C)n1CCc1ccccc1. The summed E-state index contributed by atoms with van der Waals surface area (Å²) >= 11 is 0. The van der Waals surface area contributed by atoms with Gasteiger partial charge in [-0.1, -0.05) is 60.7 Å². The Hall–Kier alpha value is -3.61. The Morgan fingerprint density at radius 1 is 0.966 bits per heavy atom. The van der Waals surface area contributed by atoms with Gasteiger partial charge in [0.1, 0.15) is 0 Å². The zero-order chi connectivity index (χ0) is 20.4. The predicted octanol–water partition coefficient (Wildman–Crippen LogP) is 2.30. The zero-order valence-electron chi connectivity index (χ0n) is 16.5. The van der Waals surface area contributed by atoms with E-state index in [1.165, 1.54) is 10.1 Å². The molecule has 0 atom stereocenters. The van der Waals surface area contributed by atoms with Crippen LogP contribution in [-0.2, 0) is 26.6 Å². The molecule has 2 aromatic carbocycles. The molecule has 0 aliphatic rings. The second-order valence-corrected chi connectivity index (χ2v) is 7.13. The Bertz CT molecular complexity index is 1240. The maximum absolute atomic E-state index is 12.6. The van der Waals surface area contributed by atoms with Crippen molar-refractivity contribution in [3.05, 3.63) is 92.6 Å². The van der Waals surface area contributed by atoms with Crippen LogP contribution in [0.25, 0.3) is 11.2 Å². The number of rotatable bonds is 6. The van der Waals surface area contributed by atoms with E-state index in [0.29, 0.717) is 30.2 Å². The van der Waals surface area contributed by atoms with Gasteiger partial charge in [-0.25, -0.2) is 4.79 Å². The average Bonchev–Trinajstić information content (AvgIpc) is 3.12. The van der Waals surface area contributed by atoms with Crippen LogP contribution in [0.5, 0.6) is 0 Å². The number of aromatic nitrogens is 4. The number of aryl methyl sites for hydroxylation is 3. The summed E-state index contributed by atoms with van der Waals surface area (Å²) in [4.78, 5) is 33.8. The normalized spacial score (nSPS) is 11.1. The van der Waals surface area contributed by atoms with Crippen molar-refractivity contribution < 1.29 is 0 Å². The van der Waals surface area contributed by atoms with Gasteiger partial charge >= 0.3 is 5.69 Å². The van der Waals surface area contributed by atoms with E-state index in [1.807, 2.05) is 52.9 Å². The first-order valence-corrected chi connectivity index (χ1v) is 9.53. The molecule has 0 radical (unpaired) electrons. The van der Waals surface area contributed by atoms with Gasteiger partial charge in [0, 0.05) is 27.2 Å². The summed E-state index contributed by atoms with van der Waals surface area (Å²) in [6, 6.07) is 20.2. The van der Waals surface area contributed by atoms with Crippen molar-refractivity contribution in [2.24, 2.45) is 7.05 Å². The van der Waals surface area contributed by atoms with Crippen molar-refractivity contribution in [1.82, 2.24) is 19.1 Å². The van der Waals surface area contributed by atoms with Crippen molar-refractivity contribution in [2.75, 3.05) is 11.9 Å². The summed E-state index contributed by atoms with van der Waals surface area (Å²) in [7, 11) is 3.57. The number of benzene rings is 2. The fraction of sp³-hybridized carbons (Fsp3) is 0.227. The van der Waals surface area contributed by atoms with Crippen LogP contribution >= 0.6 is 0 Å². The first-order valence-electron chi connectivity index (χ1n) is 9.53. The van der Waals surface area contributed by atoms with E-state index >= 15 is 0 Å². The molecule has 0 fully saturated rings. The summed E-state index contributed by atoms with van der Waals surface area (Å²) in [5.74, 6) is 0.659. The molecule has 0 unspecified atom stereocenters. The van der Waals surface area contributed by atoms with Gasteiger partial charge in [-0.15, -0.1) is 0 Å². The molecule has 0 amide bonds. The van der Waals surface area contributed by atoms with E-state index < -0.39 is 11.2 Å². The van der Waals surface area contributed by atoms with Crippen LogP contribution in [0.1, 0.15) is 11.1 Å². The van der Waals surface area contributed by atoms with Crippen LogP contribution < -0.4 is 16.1 Å². The predicted molar refractivity (Wildman–Crippen MR) is 114 cm³/mol. The van der Waals surface area contributed by atoms with Crippen LogP contribution in [0.2, 0.25) is 0 Å². The molecule has 0 aliphatic heterocycles. The molecule has 29 heavy (non-hydrogen) atoms. The molecule has 0 bridgehead atoms. The zero-order valence-corrected chi connectivity index (χ0v) is 16.5. The van der Waals surface area contributed by atoms with E-state index in [-0.39, 0.29) is 0 Å². The van der Waals surface area contributed by atoms with Crippen molar-refractivity contribution in [3.8, 4) is 0 Å². The molecule has 4 aromatic rings. The van der Waals surface area contributed by atoms with Gasteiger partial charge in [-0.05, 0) is 17.5 Å². The van der Waals surface area contributed by atoms with Crippen LogP contribution in [0, 0.1) is 0 Å². The average molecular weight is 389 g/mol. The maximum Gasteiger partial charge on any atom is 0.329 e. The van der Waals surface area contributed by atoms with Crippen LogP contribution in [-0.4, -0.2) is 26.1 Å². The second kappa shape index (κ2) is 7.79. The Labute approximate surface area is 167 Å². The summed E-state index contributed by atoms with van der Waals surface area (Å²) in [5.41, 5.74) is 2.24. The third-order valence-corrected chi connectivity index (χ3v) is 5.06. The number of fused-ring (bicyclic) bond motifs is 1. The van der Waals surface area contributed by atoms with Gasteiger partial charge in [0.2, 0.25) is 5.95 Å². The Balaban J connectivity index is 1.79. The molecule has 1 N–H and O–H groups in total. The lowest BCUT2D eigenvalue weighted by Gasteiger charge is -2.20. The highest BCUT2D eigenvalue weighted by atomic mass is 16.2. The van der Waals surface area contributed by atoms with Crippen LogP contribution in [0.4, 0.5) is 5.95 Å². The second-order valence-electron chi connectivity index (χ2n) is 7.13. The number of nitrogens with one attached hydrogen (secondary N) is 1. The van der Waals surface area contributed by atoms with Crippen molar-refractivity contribution in [2.45, 2.75) is 19.5 Å². The maximum atomic E-state index is 12.6. The molecule has 7 heteroatoms. The molecular formula is C22H23N5O2. The molecule has 0 spiro atoms. The number of aromatic amines is 1. The fourth-order valence-electron chi connectivity index (χ4n) is 3.54. The molecule has 2 aromatic heterocycles. The molecule has 148 valence electrons. The summed E-state index contributed by atoms with van der Waals surface area (Å²) < 4.78 is 3.29. The van der Waals surface area contributed by atoms with E-state index in [9.17, 15) is 9.59 Å². The van der Waals surface area contributed by atoms with E-state index in [4.69, 9.17) is 0 Å². The molecule has 7 nitrogen and oxygen atoms in total. The van der Waals surface area contributed by atoms with E-state index in [0.717, 1.165) is 12.0 Å². The number of nitrogens with zero attached hydrogens (tertiary/aromatic N) is 4. The smallest absolute Gasteiger partial charge is 0.329 e. The lowest BCUT2D eigenvalue weighted by Crippen LogP contribution is -2.29. The van der Waals surface area contributed by atoms with Crippen LogP contribution in [0.3, 0.4) is 0 Å². The Morgan fingerprint density at radius 2 is 1.59 bits per heavy atom. The molecule has 0 aliphatic carbocycles. The third-order valence-electron chi connectivity index (χ3n) is 5.06. The van der Waals surface area contributed by atoms with Gasteiger partial charge in [0.05, 0.1) is 0 Å². The van der Waals surface area contributed by atoms with Gasteiger partial charge < -0.3 is 9.47 Å². The lowest BCUT2D eigenvalue weighted by molar-refractivity contribution is 0.690. The summed E-state index contributed by atoms with van der Waals surface area (Å²) in [6.07, 6.45) is 0.751. The largest absolute Gasteiger partial charge is 0.341 e. The van der Waals surface area contributed by atoms with Gasteiger partial charge in [0.25, 0.3) is 5.56 Å². The molecule has 0 saturated carbocycles. The molecular weight excluding hydrogens is 366 g/mol. The minimum atomic E-state index is -0.465. The fourth-order valence-corrected chi connectivity index (χ4v) is 3.54. The highest BCUT2D eigenvalue weighted by molar-refractivity contribution is 5.74. The lowest BCUT2D eigenvalue weighted by atomic mass is 10.1. The summed E-state index contributed by atoms with van der Waals surface area (Å²) in [5, 5.41) is 0. The number of hydrogen-bond acceptors (Lipinski definition) is 4. The highest BCUT2D eigenvalue weighted by Gasteiger charge is 2.20. The highest BCUT2D eigenvalue weighted by Crippen LogP contribution is 2.21. The minimum Gasteiger partial charge on any atom is -0.341 e. The first-order chi connectivity index (χ1) is 14.0. The number of imidazole rings is 1. The first kappa shape index (κ1) is 18.7. The quantitative estimate of drug-likeness (QED) is 0.549. The van der Waals surface area contributed by atoms with E-state index in [2.05, 4.69) is 34.2 Å². The van der Waals surface area contributed by atoms with Gasteiger partial charge in [0.15, 0.2) is 11.2 Å². The Morgan fingerprint density at radius 3 is 2.24 bits per heavy atom. The number of H-pyrrole nitrogens is 1. The number of hydrogen-bond donors (Lipinski definition) is 1. The topological polar surface area (TPSA) is 75.9 Å². The van der Waals surface area contributed by atoms with Crippen molar-refractivity contribution in [3.63, 3.8) is 0 Å². The molecule has 0 saturated heterocycles.